The van der Waals surface area contributed by atoms with Crippen LogP contribution in [0.25, 0.3) is 0 Å². The second kappa shape index (κ2) is 5.96. The number of nitrogens with two attached hydrogens (primary N) is 1. The van der Waals surface area contributed by atoms with Crippen LogP contribution in [0.1, 0.15) is 46.6 Å². The summed E-state index contributed by atoms with van der Waals surface area (Å²) in [6.07, 6.45) is 1.05. The molecule has 2 N–H and O–H groups in total. The van der Waals surface area contributed by atoms with E-state index in [0.29, 0.717) is 0 Å². The molecular formula is C17H30N2. The zero-order chi connectivity index (χ0) is 14.7. The molecular weight excluding hydrogens is 232 g/mol. The molecule has 0 radical (unpaired) electrons. The first kappa shape index (κ1) is 16.0. The number of anilines is 1. The van der Waals surface area contributed by atoms with E-state index < -0.39 is 0 Å². The number of benzene rings is 1. The summed E-state index contributed by atoms with van der Waals surface area (Å²) in [4.78, 5) is 2.32. The zero-order valence-corrected chi connectivity index (χ0v) is 13.5. The fourth-order valence-electron chi connectivity index (χ4n) is 2.42. The van der Waals surface area contributed by atoms with Crippen molar-refractivity contribution < 1.29 is 0 Å². The Hall–Kier alpha value is -1.02. The topological polar surface area (TPSA) is 29.3 Å². The van der Waals surface area contributed by atoms with Crippen molar-refractivity contribution in [1.29, 1.82) is 0 Å². The molecule has 0 unspecified atom stereocenters. The third-order valence-electron chi connectivity index (χ3n) is 3.66. The van der Waals surface area contributed by atoms with E-state index in [0.717, 1.165) is 19.5 Å². The normalized spacial score (nSPS) is 12.6. The molecule has 0 atom stereocenters. The van der Waals surface area contributed by atoms with Crippen LogP contribution >= 0.6 is 0 Å². The van der Waals surface area contributed by atoms with Gasteiger partial charge in [0.25, 0.3) is 0 Å². The van der Waals surface area contributed by atoms with Crippen LogP contribution in [0.5, 0.6) is 0 Å². The van der Waals surface area contributed by atoms with Crippen molar-refractivity contribution in [1.82, 2.24) is 0 Å². The maximum Gasteiger partial charge on any atom is 0.0363 e. The van der Waals surface area contributed by atoms with E-state index in [2.05, 4.69) is 70.8 Å². The van der Waals surface area contributed by atoms with Crippen molar-refractivity contribution in [2.24, 2.45) is 11.1 Å². The van der Waals surface area contributed by atoms with Crippen LogP contribution in [0.15, 0.2) is 24.3 Å². The Labute approximate surface area is 119 Å². The third-order valence-corrected chi connectivity index (χ3v) is 3.66. The first-order valence-electron chi connectivity index (χ1n) is 7.17. The van der Waals surface area contributed by atoms with Crippen LogP contribution < -0.4 is 10.6 Å². The average molecular weight is 262 g/mol. The molecule has 19 heavy (non-hydrogen) atoms. The minimum atomic E-state index is 0.218. The van der Waals surface area contributed by atoms with Gasteiger partial charge in [0.05, 0.1) is 0 Å². The van der Waals surface area contributed by atoms with E-state index in [9.17, 15) is 0 Å². The molecule has 0 aliphatic heterocycles. The molecule has 0 saturated carbocycles. The summed E-state index contributed by atoms with van der Waals surface area (Å²) in [6.45, 7) is 13.1. The number of hydrogen-bond donors (Lipinski definition) is 1. The monoisotopic (exact) mass is 262 g/mol. The van der Waals surface area contributed by atoms with E-state index >= 15 is 0 Å². The van der Waals surface area contributed by atoms with E-state index in [1.54, 1.807) is 0 Å². The summed E-state index contributed by atoms with van der Waals surface area (Å²) in [7, 11) is 2.16. The van der Waals surface area contributed by atoms with Crippen LogP contribution in [0, 0.1) is 5.41 Å². The minimum Gasteiger partial charge on any atom is -0.374 e. The molecule has 1 rings (SSSR count). The van der Waals surface area contributed by atoms with Crippen molar-refractivity contribution in [2.45, 2.75) is 46.5 Å². The van der Waals surface area contributed by atoms with E-state index in [1.807, 2.05) is 0 Å². The highest BCUT2D eigenvalue weighted by Crippen LogP contribution is 2.27. The minimum absolute atomic E-state index is 0.218. The molecule has 2 nitrogen and oxygen atoms in total. The van der Waals surface area contributed by atoms with Crippen molar-refractivity contribution in [3.05, 3.63) is 29.8 Å². The lowest BCUT2D eigenvalue weighted by molar-refractivity contribution is 0.347. The largest absolute Gasteiger partial charge is 0.374 e. The molecule has 0 saturated heterocycles. The SMILES string of the molecule is CN(CC(C)(C)CCN)c1ccc(C(C)(C)C)cc1. The molecule has 0 bridgehead atoms. The summed E-state index contributed by atoms with van der Waals surface area (Å²) in [5.74, 6) is 0. The zero-order valence-electron chi connectivity index (χ0n) is 13.5. The molecule has 1 aromatic rings. The lowest BCUT2D eigenvalue weighted by atomic mass is 9.86. The van der Waals surface area contributed by atoms with Gasteiger partial charge in [-0.1, -0.05) is 46.8 Å². The predicted molar refractivity (Wildman–Crippen MR) is 85.9 cm³/mol. The van der Waals surface area contributed by atoms with Crippen LogP contribution in [-0.2, 0) is 5.41 Å². The number of rotatable bonds is 5. The number of nitrogens with zero attached hydrogens (tertiary/aromatic N) is 1. The molecule has 0 aromatic heterocycles. The highest BCUT2D eigenvalue weighted by molar-refractivity contribution is 5.48. The van der Waals surface area contributed by atoms with E-state index in [-0.39, 0.29) is 10.8 Å². The molecule has 1 aromatic carbocycles. The highest BCUT2D eigenvalue weighted by Gasteiger charge is 2.20. The van der Waals surface area contributed by atoms with Crippen LogP contribution in [0.3, 0.4) is 0 Å². The summed E-state index contributed by atoms with van der Waals surface area (Å²) < 4.78 is 0. The second-order valence-electron chi connectivity index (χ2n) is 7.36. The molecule has 0 fully saturated rings. The lowest BCUT2D eigenvalue weighted by Gasteiger charge is -2.31. The third kappa shape index (κ3) is 4.87. The van der Waals surface area contributed by atoms with Crippen LogP contribution in [0.4, 0.5) is 5.69 Å². The molecule has 108 valence electrons. The summed E-state index contributed by atoms with van der Waals surface area (Å²) >= 11 is 0. The first-order chi connectivity index (χ1) is 8.65. The molecule has 2 heteroatoms. The van der Waals surface area contributed by atoms with Gasteiger partial charge < -0.3 is 10.6 Å². The number of hydrogen-bond acceptors (Lipinski definition) is 2. The standard InChI is InChI=1S/C17H30N2/c1-16(2,3)14-7-9-15(10-8-14)19(6)13-17(4,5)11-12-18/h7-10H,11-13,18H2,1-6H3. The smallest absolute Gasteiger partial charge is 0.0363 e. The molecule has 0 amide bonds. The van der Waals surface area contributed by atoms with E-state index in [1.165, 1.54) is 11.3 Å². The van der Waals surface area contributed by atoms with Gasteiger partial charge in [-0.15, -0.1) is 0 Å². The van der Waals surface area contributed by atoms with Gasteiger partial charge in [-0.25, -0.2) is 0 Å². The summed E-state index contributed by atoms with van der Waals surface area (Å²) in [5, 5.41) is 0. The summed E-state index contributed by atoms with van der Waals surface area (Å²) in [6, 6.07) is 8.92. The molecule has 0 aliphatic carbocycles. The average Bonchev–Trinajstić information content (AvgIpc) is 2.27. The Morgan fingerprint density at radius 2 is 1.53 bits per heavy atom. The van der Waals surface area contributed by atoms with Gasteiger partial charge in [-0.3, -0.25) is 0 Å². The van der Waals surface area contributed by atoms with Gasteiger partial charge in [-0.05, 0) is 41.5 Å². The fourth-order valence-corrected chi connectivity index (χ4v) is 2.42. The molecule has 0 heterocycles. The van der Waals surface area contributed by atoms with Gasteiger partial charge in [0.1, 0.15) is 0 Å². The maximum atomic E-state index is 5.68. The van der Waals surface area contributed by atoms with Crippen LogP contribution in [-0.4, -0.2) is 20.1 Å². The van der Waals surface area contributed by atoms with E-state index in [4.69, 9.17) is 5.73 Å². The Kier molecular flexibility index (Phi) is 5.03. The Morgan fingerprint density at radius 1 is 1.00 bits per heavy atom. The van der Waals surface area contributed by atoms with Gasteiger partial charge in [0.2, 0.25) is 0 Å². The Balaban J connectivity index is 2.76. The summed E-state index contributed by atoms with van der Waals surface area (Å²) in [5.41, 5.74) is 8.81. The lowest BCUT2D eigenvalue weighted by Crippen LogP contribution is -2.33. The van der Waals surface area contributed by atoms with Gasteiger partial charge >= 0.3 is 0 Å². The highest BCUT2D eigenvalue weighted by atomic mass is 15.1. The molecule has 0 aliphatic rings. The maximum absolute atomic E-state index is 5.68. The van der Waals surface area contributed by atoms with Crippen molar-refractivity contribution in [3.8, 4) is 0 Å². The fraction of sp³-hybridized carbons (Fsp3) is 0.647. The van der Waals surface area contributed by atoms with Gasteiger partial charge in [-0.2, -0.15) is 0 Å². The van der Waals surface area contributed by atoms with Crippen molar-refractivity contribution in [3.63, 3.8) is 0 Å². The van der Waals surface area contributed by atoms with Crippen molar-refractivity contribution >= 4 is 5.69 Å². The quantitative estimate of drug-likeness (QED) is 0.874. The van der Waals surface area contributed by atoms with Gasteiger partial charge in [0, 0.05) is 19.3 Å². The second-order valence-corrected chi connectivity index (χ2v) is 7.36. The molecule has 0 spiro atoms. The first-order valence-corrected chi connectivity index (χ1v) is 7.17. The predicted octanol–water partition coefficient (Wildman–Crippen LogP) is 3.80. The van der Waals surface area contributed by atoms with Crippen LogP contribution in [0.2, 0.25) is 0 Å². The Morgan fingerprint density at radius 3 is 1.95 bits per heavy atom. The van der Waals surface area contributed by atoms with Crippen molar-refractivity contribution in [2.75, 3.05) is 25.0 Å². The Bertz CT molecular complexity index is 385. The van der Waals surface area contributed by atoms with Gasteiger partial charge in [0.15, 0.2) is 0 Å².